The Bertz CT molecular complexity index is 718. The average Bonchev–Trinajstić information content (AvgIpc) is 2.58. The first kappa shape index (κ1) is 17.9. The summed E-state index contributed by atoms with van der Waals surface area (Å²) < 4.78 is 10.2. The molecular weight excluding hydrogens is 326 g/mol. The van der Waals surface area contributed by atoms with Crippen molar-refractivity contribution in [2.75, 3.05) is 24.8 Å². The number of thioether (sulfide) groups is 1. The molecule has 0 radical (unpaired) electrons. The number of para-hydroxylation sites is 1. The number of rotatable bonds is 7. The van der Waals surface area contributed by atoms with Crippen LogP contribution in [0.15, 0.2) is 53.4 Å². The van der Waals surface area contributed by atoms with Crippen LogP contribution in [0.4, 0.5) is 5.69 Å². The second-order valence-corrected chi connectivity index (χ2v) is 5.86. The fraction of sp³-hybridized carbons (Fsp3) is 0.222. The molecule has 0 saturated carbocycles. The van der Waals surface area contributed by atoms with Gasteiger partial charge in [-0.3, -0.25) is 4.79 Å². The van der Waals surface area contributed by atoms with Crippen molar-refractivity contribution in [3.8, 4) is 5.75 Å². The van der Waals surface area contributed by atoms with Crippen molar-refractivity contribution < 1.29 is 19.1 Å². The topological polar surface area (TPSA) is 64.6 Å². The van der Waals surface area contributed by atoms with E-state index >= 15 is 0 Å². The number of anilines is 1. The SMILES string of the molecule is CSc1ccccc1NC(=O)COC(=O)COc1cccc(C)c1. The number of carbonyl (C=O) groups excluding carboxylic acids is 2. The molecule has 0 aliphatic rings. The highest BCUT2D eigenvalue weighted by atomic mass is 32.2. The molecule has 0 aliphatic carbocycles. The Morgan fingerprint density at radius 2 is 1.88 bits per heavy atom. The van der Waals surface area contributed by atoms with Crippen LogP contribution in [-0.2, 0) is 14.3 Å². The van der Waals surface area contributed by atoms with Gasteiger partial charge in [-0.25, -0.2) is 4.79 Å². The molecule has 2 aromatic rings. The lowest BCUT2D eigenvalue weighted by molar-refractivity contribution is -0.149. The van der Waals surface area contributed by atoms with Crippen LogP contribution < -0.4 is 10.1 Å². The van der Waals surface area contributed by atoms with Gasteiger partial charge in [-0.05, 0) is 43.0 Å². The highest BCUT2D eigenvalue weighted by Crippen LogP contribution is 2.24. The van der Waals surface area contributed by atoms with E-state index in [4.69, 9.17) is 9.47 Å². The summed E-state index contributed by atoms with van der Waals surface area (Å²) in [5, 5.41) is 2.72. The van der Waals surface area contributed by atoms with Crippen molar-refractivity contribution in [3.05, 3.63) is 54.1 Å². The molecule has 0 saturated heterocycles. The van der Waals surface area contributed by atoms with Crippen molar-refractivity contribution in [1.29, 1.82) is 0 Å². The van der Waals surface area contributed by atoms with Gasteiger partial charge in [-0.1, -0.05) is 24.3 Å². The number of hydrogen-bond acceptors (Lipinski definition) is 5. The first-order valence-electron chi connectivity index (χ1n) is 7.36. The first-order chi connectivity index (χ1) is 11.6. The number of amides is 1. The van der Waals surface area contributed by atoms with Gasteiger partial charge in [-0.2, -0.15) is 0 Å². The molecule has 0 unspecified atom stereocenters. The lowest BCUT2D eigenvalue weighted by atomic mass is 10.2. The summed E-state index contributed by atoms with van der Waals surface area (Å²) in [5.41, 5.74) is 1.73. The average molecular weight is 345 g/mol. The molecule has 1 N–H and O–H groups in total. The summed E-state index contributed by atoms with van der Waals surface area (Å²) in [6.07, 6.45) is 1.92. The Morgan fingerprint density at radius 3 is 2.62 bits per heavy atom. The van der Waals surface area contributed by atoms with Gasteiger partial charge in [0, 0.05) is 4.90 Å². The van der Waals surface area contributed by atoms with Crippen LogP contribution >= 0.6 is 11.8 Å². The van der Waals surface area contributed by atoms with E-state index in [2.05, 4.69) is 5.32 Å². The molecule has 0 aromatic heterocycles. The van der Waals surface area contributed by atoms with Crippen LogP contribution in [0.25, 0.3) is 0 Å². The predicted octanol–water partition coefficient (Wildman–Crippen LogP) is 3.28. The molecule has 0 atom stereocenters. The zero-order valence-electron chi connectivity index (χ0n) is 13.6. The van der Waals surface area contributed by atoms with E-state index in [9.17, 15) is 9.59 Å². The van der Waals surface area contributed by atoms with E-state index in [1.54, 1.807) is 12.1 Å². The smallest absolute Gasteiger partial charge is 0.344 e. The van der Waals surface area contributed by atoms with E-state index in [1.165, 1.54) is 11.8 Å². The molecule has 0 spiro atoms. The fourth-order valence-electron chi connectivity index (χ4n) is 1.97. The molecule has 0 bridgehead atoms. The summed E-state index contributed by atoms with van der Waals surface area (Å²) >= 11 is 1.53. The Labute approximate surface area is 145 Å². The van der Waals surface area contributed by atoms with Crippen molar-refractivity contribution in [1.82, 2.24) is 0 Å². The standard InChI is InChI=1S/C18H19NO4S/c1-13-6-5-7-14(10-13)22-12-18(21)23-11-17(20)19-15-8-3-4-9-16(15)24-2/h3-10H,11-12H2,1-2H3,(H,19,20). The van der Waals surface area contributed by atoms with E-state index < -0.39 is 5.97 Å². The normalized spacial score (nSPS) is 10.1. The van der Waals surface area contributed by atoms with Crippen molar-refractivity contribution in [3.63, 3.8) is 0 Å². The quantitative estimate of drug-likeness (QED) is 0.616. The van der Waals surface area contributed by atoms with Gasteiger partial charge in [-0.15, -0.1) is 11.8 Å². The van der Waals surface area contributed by atoms with Crippen molar-refractivity contribution in [2.45, 2.75) is 11.8 Å². The van der Waals surface area contributed by atoms with Gasteiger partial charge in [0.15, 0.2) is 13.2 Å². The van der Waals surface area contributed by atoms with E-state index in [-0.39, 0.29) is 19.1 Å². The molecule has 0 heterocycles. The molecule has 24 heavy (non-hydrogen) atoms. The molecule has 1 amide bonds. The Morgan fingerprint density at radius 1 is 1.08 bits per heavy atom. The van der Waals surface area contributed by atoms with Crippen LogP contribution in [0.5, 0.6) is 5.75 Å². The maximum atomic E-state index is 11.9. The van der Waals surface area contributed by atoms with Gasteiger partial charge in [0.25, 0.3) is 5.91 Å². The highest BCUT2D eigenvalue weighted by Gasteiger charge is 2.10. The fourth-order valence-corrected chi connectivity index (χ4v) is 2.52. The molecule has 126 valence electrons. The number of carbonyl (C=O) groups is 2. The maximum absolute atomic E-state index is 11.9. The number of aryl methyl sites for hydroxylation is 1. The Hall–Kier alpha value is -2.47. The lowest BCUT2D eigenvalue weighted by Gasteiger charge is -2.10. The lowest BCUT2D eigenvalue weighted by Crippen LogP contribution is -2.23. The summed E-state index contributed by atoms with van der Waals surface area (Å²) in [6.45, 7) is 1.35. The summed E-state index contributed by atoms with van der Waals surface area (Å²) in [7, 11) is 0. The summed E-state index contributed by atoms with van der Waals surface area (Å²) in [6, 6.07) is 14.8. The third-order valence-corrected chi connectivity index (χ3v) is 3.89. The molecule has 2 rings (SSSR count). The molecule has 0 fully saturated rings. The third kappa shape index (κ3) is 5.62. The minimum atomic E-state index is -0.593. The molecule has 0 aliphatic heterocycles. The zero-order chi connectivity index (χ0) is 17.4. The van der Waals surface area contributed by atoms with Gasteiger partial charge in [0.1, 0.15) is 5.75 Å². The van der Waals surface area contributed by atoms with Crippen molar-refractivity contribution in [2.24, 2.45) is 0 Å². The van der Waals surface area contributed by atoms with Crippen LogP contribution in [-0.4, -0.2) is 31.3 Å². The predicted molar refractivity (Wildman–Crippen MR) is 94.5 cm³/mol. The molecule has 5 nitrogen and oxygen atoms in total. The largest absolute Gasteiger partial charge is 0.482 e. The van der Waals surface area contributed by atoms with Crippen molar-refractivity contribution >= 4 is 29.3 Å². The summed E-state index contributed by atoms with van der Waals surface area (Å²) in [5.74, 6) is -0.393. The van der Waals surface area contributed by atoms with E-state index in [0.717, 1.165) is 10.5 Å². The summed E-state index contributed by atoms with van der Waals surface area (Å²) in [4.78, 5) is 24.5. The zero-order valence-corrected chi connectivity index (χ0v) is 14.4. The molecule has 2 aromatic carbocycles. The van der Waals surface area contributed by atoms with Gasteiger partial charge in [0.05, 0.1) is 5.69 Å². The minimum absolute atomic E-state index is 0.238. The van der Waals surface area contributed by atoms with Gasteiger partial charge < -0.3 is 14.8 Å². The number of nitrogens with one attached hydrogen (secondary N) is 1. The number of benzene rings is 2. The van der Waals surface area contributed by atoms with Gasteiger partial charge >= 0.3 is 5.97 Å². The highest BCUT2D eigenvalue weighted by molar-refractivity contribution is 7.98. The Balaban J connectivity index is 1.76. The molecular formula is C18H19NO4S. The second-order valence-electron chi connectivity index (χ2n) is 5.01. The number of esters is 1. The molecule has 6 heteroatoms. The van der Waals surface area contributed by atoms with Crippen LogP contribution in [0.1, 0.15) is 5.56 Å². The monoisotopic (exact) mass is 345 g/mol. The van der Waals surface area contributed by atoms with Crippen LogP contribution in [0, 0.1) is 6.92 Å². The second kappa shape index (κ2) is 8.98. The maximum Gasteiger partial charge on any atom is 0.344 e. The van der Waals surface area contributed by atoms with E-state index in [1.807, 2.05) is 49.6 Å². The Kier molecular flexibility index (Phi) is 6.69. The minimum Gasteiger partial charge on any atom is -0.482 e. The number of hydrogen-bond donors (Lipinski definition) is 1. The number of ether oxygens (including phenoxy) is 2. The van der Waals surface area contributed by atoms with Gasteiger partial charge in [0.2, 0.25) is 0 Å². The van der Waals surface area contributed by atoms with Crippen LogP contribution in [0.2, 0.25) is 0 Å². The van der Waals surface area contributed by atoms with Crippen LogP contribution in [0.3, 0.4) is 0 Å². The first-order valence-corrected chi connectivity index (χ1v) is 8.59. The third-order valence-electron chi connectivity index (χ3n) is 3.09. The van der Waals surface area contributed by atoms with E-state index in [0.29, 0.717) is 11.4 Å².